The molecule has 0 aromatic carbocycles. The van der Waals surface area contributed by atoms with Gasteiger partial charge in [0.05, 0.1) is 0 Å². The molecule has 1 rings (SSSR count). The highest BCUT2D eigenvalue weighted by Crippen LogP contribution is 2.16. The molecule has 0 saturated carbocycles. The van der Waals surface area contributed by atoms with Gasteiger partial charge in [0.25, 0.3) is 0 Å². The van der Waals surface area contributed by atoms with Crippen LogP contribution in [0.1, 0.15) is 33.6 Å². The van der Waals surface area contributed by atoms with Crippen molar-refractivity contribution in [1.82, 2.24) is 10.2 Å². The first-order chi connectivity index (χ1) is 6.53. The SMILES string of the molecule is CC(C)(C)NCC1CCCN1CCF. The van der Waals surface area contributed by atoms with Crippen molar-refractivity contribution in [2.24, 2.45) is 0 Å². The van der Waals surface area contributed by atoms with Gasteiger partial charge in [-0.1, -0.05) is 0 Å². The number of likely N-dealkylation sites (tertiary alicyclic amines) is 1. The molecule has 0 amide bonds. The second-order valence-electron chi connectivity index (χ2n) is 5.15. The third-order valence-electron chi connectivity index (χ3n) is 2.74. The average Bonchev–Trinajstić information content (AvgIpc) is 2.48. The van der Waals surface area contributed by atoms with E-state index < -0.39 is 0 Å². The maximum atomic E-state index is 12.2. The monoisotopic (exact) mass is 202 g/mol. The third-order valence-corrected chi connectivity index (χ3v) is 2.74. The highest BCUT2D eigenvalue weighted by atomic mass is 19.1. The van der Waals surface area contributed by atoms with Crippen molar-refractivity contribution >= 4 is 0 Å². The Morgan fingerprint density at radius 1 is 1.43 bits per heavy atom. The van der Waals surface area contributed by atoms with Crippen molar-refractivity contribution in [3.05, 3.63) is 0 Å². The molecule has 0 aliphatic carbocycles. The van der Waals surface area contributed by atoms with Crippen molar-refractivity contribution in [3.63, 3.8) is 0 Å². The third kappa shape index (κ3) is 3.93. The van der Waals surface area contributed by atoms with Gasteiger partial charge in [0.2, 0.25) is 0 Å². The second-order valence-corrected chi connectivity index (χ2v) is 5.15. The smallest absolute Gasteiger partial charge is 0.102 e. The van der Waals surface area contributed by atoms with E-state index in [1.54, 1.807) is 0 Å². The van der Waals surface area contributed by atoms with Gasteiger partial charge in [-0.2, -0.15) is 0 Å². The summed E-state index contributed by atoms with van der Waals surface area (Å²) in [6.07, 6.45) is 2.43. The number of hydrogen-bond acceptors (Lipinski definition) is 2. The molecular formula is C11H23FN2. The summed E-state index contributed by atoms with van der Waals surface area (Å²) in [4.78, 5) is 2.26. The minimum atomic E-state index is -0.216. The van der Waals surface area contributed by atoms with E-state index in [-0.39, 0.29) is 12.2 Å². The fourth-order valence-corrected chi connectivity index (χ4v) is 1.95. The van der Waals surface area contributed by atoms with Crippen molar-refractivity contribution < 1.29 is 4.39 Å². The van der Waals surface area contributed by atoms with Crippen LogP contribution in [0, 0.1) is 0 Å². The van der Waals surface area contributed by atoms with Gasteiger partial charge in [-0.05, 0) is 40.2 Å². The number of alkyl halides is 1. The van der Waals surface area contributed by atoms with Crippen molar-refractivity contribution in [1.29, 1.82) is 0 Å². The van der Waals surface area contributed by atoms with Crippen molar-refractivity contribution in [2.45, 2.75) is 45.2 Å². The molecule has 14 heavy (non-hydrogen) atoms. The first kappa shape index (κ1) is 11.9. The van der Waals surface area contributed by atoms with Crippen LogP contribution in [0.2, 0.25) is 0 Å². The standard InChI is InChI=1S/C11H23FN2/c1-11(2,3)13-9-10-5-4-7-14(10)8-6-12/h10,13H,4-9H2,1-3H3. The Hall–Kier alpha value is -0.150. The van der Waals surface area contributed by atoms with E-state index in [0.717, 1.165) is 13.1 Å². The fraction of sp³-hybridized carbons (Fsp3) is 1.00. The highest BCUT2D eigenvalue weighted by molar-refractivity contribution is 4.83. The van der Waals surface area contributed by atoms with Gasteiger partial charge >= 0.3 is 0 Å². The van der Waals surface area contributed by atoms with Crippen LogP contribution in [-0.4, -0.2) is 42.8 Å². The molecule has 1 N–H and O–H groups in total. The van der Waals surface area contributed by atoms with Crippen LogP contribution >= 0.6 is 0 Å². The van der Waals surface area contributed by atoms with Gasteiger partial charge in [-0.3, -0.25) is 4.90 Å². The predicted molar refractivity (Wildman–Crippen MR) is 58.3 cm³/mol. The van der Waals surface area contributed by atoms with Crippen molar-refractivity contribution in [2.75, 3.05) is 26.3 Å². The van der Waals surface area contributed by atoms with Gasteiger partial charge in [0, 0.05) is 24.7 Å². The number of nitrogens with zero attached hydrogens (tertiary/aromatic N) is 1. The summed E-state index contributed by atoms with van der Waals surface area (Å²) in [6.45, 7) is 8.96. The Bertz CT molecular complexity index is 165. The van der Waals surface area contributed by atoms with E-state index in [1.807, 2.05) is 0 Å². The minimum Gasteiger partial charge on any atom is -0.311 e. The number of hydrogen-bond donors (Lipinski definition) is 1. The first-order valence-corrected chi connectivity index (χ1v) is 5.58. The molecule has 3 heteroatoms. The molecule has 1 fully saturated rings. The summed E-state index contributed by atoms with van der Waals surface area (Å²) in [7, 11) is 0. The molecule has 0 spiro atoms. The molecule has 0 aromatic rings. The topological polar surface area (TPSA) is 15.3 Å². The average molecular weight is 202 g/mol. The fourth-order valence-electron chi connectivity index (χ4n) is 1.95. The predicted octanol–water partition coefficient (Wildman–Crippen LogP) is 1.81. The Morgan fingerprint density at radius 2 is 2.14 bits per heavy atom. The molecule has 0 aromatic heterocycles. The lowest BCUT2D eigenvalue weighted by atomic mass is 10.1. The molecule has 0 bridgehead atoms. The number of halogens is 1. The van der Waals surface area contributed by atoms with Crippen LogP contribution < -0.4 is 5.32 Å². The van der Waals surface area contributed by atoms with E-state index in [4.69, 9.17) is 0 Å². The Morgan fingerprint density at radius 3 is 2.71 bits per heavy atom. The summed E-state index contributed by atoms with van der Waals surface area (Å²) in [5, 5.41) is 3.49. The summed E-state index contributed by atoms with van der Waals surface area (Å²) in [6, 6.07) is 0.546. The van der Waals surface area contributed by atoms with E-state index in [9.17, 15) is 4.39 Å². The lowest BCUT2D eigenvalue weighted by molar-refractivity contribution is 0.216. The zero-order chi connectivity index (χ0) is 10.6. The van der Waals surface area contributed by atoms with Crippen LogP contribution in [-0.2, 0) is 0 Å². The summed E-state index contributed by atoms with van der Waals surface area (Å²) < 4.78 is 12.2. The molecule has 1 unspecified atom stereocenters. The number of rotatable bonds is 4. The van der Waals surface area contributed by atoms with E-state index in [2.05, 4.69) is 31.0 Å². The summed E-state index contributed by atoms with van der Waals surface area (Å²) >= 11 is 0. The maximum Gasteiger partial charge on any atom is 0.102 e. The van der Waals surface area contributed by atoms with E-state index in [0.29, 0.717) is 12.6 Å². The molecule has 2 nitrogen and oxygen atoms in total. The molecule has 1 aliphatic rings. The Kier molecular flexibility index (Phi) is 4.32. The molecular weight excluding hydrogens is 179 g/mol. The molecule has 1 saturated heterocycles. The van der Waals surface area contributed by atoms with E-state index >= 15 is 0 Å². The quantitative estimate of drug-likeness (QED) is 0.748. The van der Waals surface area contributed by atoms with Gasteiger partial charge in [0.1, 0.15) is 6.67 Å². The maximum absolute atomic E-state index is 12.2. The highest BCUT2D eigenvalue weighted by Gasteiger charge is 2.24. The van der Waals surface area contributed by atoms with Crippen LogP contribution in [0.3, 0.4) is 0 Å². The van der Waals surface area contributed by atoms with Gasteiger partial charge in [-0.25, -0.2) is 4.39 Å². The van der Waals surface area contributed by atoms with Crippen LogP contribution in [0.15, 0.2) is 0 Å². The van der Waals surface area contributed by atoms with E-state index in [1.165, 1.54) is 12.8 Å². The first-order valence-electron chi connectivity index (χ1n) is 5.58. The Labute approximate surface area is 86.9 Å². The lowest BCUT2D eigenvalue weighted by Gasteiger charge is -2.28. The van der Waals surface area contributed by atoms with Gasteiger partial charge < -0.3 is 5.32 Å². The zero-order valence-electron chi connectivity index (χ0n) is 9.65. The normalized spacial score (nSPS) is 24.4. The lowest BCUT2D eigenvalue weighted by Crippen LogP contribution is -2.45. The van der Waals surface area contributed by atoms with Gasteiger partial charge in [-0.15, -0.1) is 0 Å². The molecule has 1 heterocycles. The van der Waals surface area contributed by atoms with Crippen LogP contribution in [0.25, 0.3) is 0 Å². The minimum absolute atomic E-state index is 0.171. The summed E-state index contributed by atoms with van der Waals surface area (Å²) in [5.41, 5.74) is 0.171. The summed E-state index contributed by atoms with van der Waals surface area (Å²) in [5.74, 6) is 0. The molecule has 1 aliphatic heterocycles. The Balaban J connectivity index is 2.29. The molecule has 1 atom stereocenters. The largest absolute Gasteiger partial charge is 0.311 e. The molecule has 0 radical (unpaired) electrons. The second kappa shape index (κ2) is 5.08. The zero-order valence-corrected chi connectivity index (χ0v) is 9.65. The van der Waals surface area contributed by atoms with Crippen LogP contribution in [0.4, 0.5) is 4.39 Å². The number of nitrogens with one attached hydrogen (secondary N) is 1. The van der Waals surface area contributed by atoms with Crippen molar-refractivity contribution in [3.8, 4) is 0 Å². The van der Waals surface area contributed by atoms with Crippen LogP contribution in [0.5, 0.6) is 0 Å². The molecule has 84 valence electrons. The van der Waals surface area contributed by atoms with Gasteiger partial charge in [0.15, 0.2) is 0 Å².